The lowest BCUT2D eigenvalue weighted by molar-refractivity contribution is -0.143. The molecule has 1 saturated carbocycles. The van der Waals surface area contributed by atoms with Crippen molar-refractivity contribution in [2.75, 3.05) is 24.5 Å². The summed E-state index contributed by atoms with van der Waals surface area (Å²) >= 11 is 0. The van der Waals surface area contributed by atoms with Gasteiger partial charge in [0.25, 0.3) is 5.91 Å². The fourth-order valence-electron chi connectivity index (χ4n) is 5.83. The van der Waals surface area contributed by atoms with Gasteiger partial charge in [0.05, 0.1) is 5.92 Å². The van der Waals surface area contributed by atoms with Crippen LogP contribution >= 0.6 is 0 Å². The molecule has 3 amide bonds. The number of piperidine rings is 1. The standard InChI is InChI=1S/C28H33N3O3/c32-26(21-9-2-1-3-10-21)29-22-15-17-30(18-16-22)27(33)23-11-5-6-12-24(23)28(34)31-19-14-20-8-4-7-13-25(20)31/h1-4,7-10,13,22-24H,5-6,11-12,14-19H2,(H,29,32). The molecule has 0 bridgehead atoms. The van der Waals surface area contributed by atoms with Crippen LogP contribution in [0.1, 0.15) is 54.4 Å². The van der Waals surface area contributed by atoms with Gasteiger partial charge in [-0.25, -0.2) is 0 Å². The number of carbonyl (C=O) groups is 3. The molecule has 1 aliphatic carbocycles. The number of benzene rings is 2. The fraction of sp³-hybridized carbons (Fsp3) is 0.464. The van der Waals surface area contributed by atoms with Crippen molar-refractivity contribution in [1.29, 1.82) is 0 Å². The van der Waals surface area contributed by atoms with Gasteiger partial charge >= 0.3 is 0 Å². The van der Waals surface area contributed by atoms with Gasteiger partial charge < -0.3 is 15.1 Å². The van der Waals surface area contributed by atoms with E-state index in [2.05, 4.69) is 11.4 Å². The van der Waals surface area contributed by atoms with Crippen LogP contribution in [0.3, 0.4) is 0 Å². The van der Waals surface area contributed by atoms with E-state index in [1.165, 1.54) is 5.56 Å². The van der Waals surface area contributed by atoms with Crippen molar-refractivity contribution >= 4 is 23.4 Å². The highest BCUT2D eigenvalue weighted by Crippen LogP contribution is 2.37. The quantitative estimate of drug-likeness (QED) is 0.756. The molecule has 1 saturated heterocycles. The van der Waals surface area contributed by atoms with Crippen LogP contribution in [0, 0.1) is 11.8 Å². The Balaban J connectivity index is 1.20. The average molecular weight is 460 g/mol. The summed E-state index contributed by atoms with van der Waals surface area (Å²) in [6.07, 6.45) is 5.95. The topological polar surface area (TPSA) is 69.7 Å². The van der Waals surface area contributed by atoms with Gasteiger partial charge in [-0.1, -0.05) is 49.2 Å². The Kier molecular flexibility index (Phi) is 6.66. The summed E-state index contributed by atoms with van der Waals surface area (Å²) in [5, 5.41) is 3.11. The van der Waals surface area contributed by atoms with Crippen LogP contribution in [0.25, 0.3) is 0 Å². The van der Waals surface area contributed by atoms with E-state index < -0.39 is 0 Å². The van der Waals surface area contributed by atoms with E-state index in [0.717, 1.165) is 50.6 Å². The van der Waals surface area contributed by atoms with Crippen LogP contribution < -0.4 is 10.2 Å². The van der Waals surface area contributed by atoms with Gasteiger partial charge in [0.1, 0.15) is 0 Å². The lowest BCUT2D eigenvalue weighted by Gasteiger charge is -2.38. The molecule has 2 aromatic rings. The van der Waals surface area contributed by atoms with E-state index in [-0.39, 0.29) is 35.6 Å². The molecule has 2 heterocycles. The maximum Gasteiger partial charge on any atom is 0.251 e. The summed E-state index contributed by atoms with van der Waals surface area (Å²) < 4.78 is 0. The Labute approximate surface area is 201 Å². The summed E-state index contributed by atoms with van der Waals surface area (Å²) in [7, 11) is 0. The molecule has 6 nitrogen and oxygen atoms in total. The van der Waals surface area contributed by atoms with Crippen LogP contribution in [-0.4, -0.2) is 48.3 Å². The highest BCUT2D eigenvalue weighted by molar-refractivity contribution is 5.99. The second-order valence-corrected chi connectivity index (χ2v) is 9.81. The fourth-order valence-corrected chi connectivity index (χ4v) is 5.83. The first-order valence-electron chi connectivity index (χ1n) is 12.7. The van der Waals surface area contributed by atoms with Crippen LogP contribution in [-0.2, 0) is 16.0 Å². The van der Waals surface area contributed by atoms with Crippen molar-refractivity contribution < 1.29 is 14.4 Å². The maximum absolute atomic E-state index is 13.6. The van der Waals surface area contributed by atoms with Crippen LogP contribution in [0.2, 0.25) is 0 Å². The molecule has 5 rings (SSSR count). The van der Waals surface area contributed by atoms with Gasteiger partial charge in [-0.05, 0) is 55.9 Å². The number of amides is 3. The summed E-state index contributed by atoms with van der Waals surface area (Å²) in [4.78, 5) is 43.4. The second kappa shape index (κ2) is 10.00. The molecular weight excluding hydrogens is 426 g/mol. The smallest absolute Gasteiger partial charge is 0.251 e. The number of carbonyl (C=O) groups excluding carboxylic acids is 3. The van der Waals surface area contributed by atoms with Crippen molar-refractivity contribution in [3.05, 3.63) is 65.7 Å². The Bertz CT molecular complexity index is 1050. The number of hydrogen-bond donors (Lipinski definition) is 1. The number of anilines is 1. The zero-order chi connectivity index (χ0) is 23.5. The normalized spacial score (nSPS) is 22.8. The zero-order valence-electron chi connectivity index (χ0n) is 19.6. The maximum atomic E-state index is 13.6. The van der Waals surface area contributed by atoms with Crippen molar-refractivity contribution in [2.45, 2.75) is 51.0 Å². The van der Waals surface area contributed by atoms with Gasteiger partial charge in [0.2, 0.25) is 11.8 Å². The largest absolute Gasteiger partial charge is 0.349 e. The van der Waals surface area contributed by atoms with Crippen molar-refractivity contribution in [2.24, 2.45) is 11.8 Å². The Morgan fingerprint density at radius 2 is 1.38 bits per heavy atom. The van der Waals surface area contributed by atoms with Crippen LogP contribution in [0.15, 0.2) is 54.6 Å². The average Bonchev–Trinajstić information content (AvgIpc) is 3.33. The Morgan fingerprint density at radius 3 is 2.12 bits per heavy atom. The highest BCUT2D eigenvalue weighted by atomic mass is 16.2. The molecule has 0 aromatic heterocycles. The first-order chi connectivity index (χ1) is 16.6. The van der Waals surface area contributed by atoms with Gasteiger partial charge in [-0.15, -0.1) is 0 Å². The van der Waals surface area contributed by atoms with Gasteiger partial charge in [-0.2, -0.15) is 0 Å². The number of hydrogen-bond acceptors (Lipinski definition) is 3. The number of para-hydroxylation sites is 1. The molecule has 2 aliphatic heterocycles. The van der Waals surface area contributed by atoms with E-state index in [1.54, 1.807) is 0 Å². The van der Waals surface area contributed by atoms with Crippen LogP contribution in [0.5, 0.6) is 0 Å². The van der Waals surface area contributed by atoms with Gasteiger partial charge in [-0.3, -0.25) is 14.4 Å². The third-order valence-corrected chi connectivity index (χ3v) is 7.73. The molecule has 178 valence electrons. The molecule has 0 radical (unpaired) electrons. The molecule has 1 N–H and O–H groups in total. The monoisotopic (exact) mass is 459 g/mol. The van der Waals surface area contributed by atoms with E-state index in [0.29, 0.717) is 25.2 Å². The number of rotatable bonds is 4. The molecule has 2 fully saturated rings. The second-order valence-electron chi connectivity index (χ2n) is 9.81. The van der Waals surface area contributed by atoms with E-state index in [9.17, 15) is 14.4 Å². The van der Waals surface area contributed by atoms with E-state index >= 15 is 0 Å². The lowest BCUT2D eigenvalue weighted by Crippen LogP contribution is -2.51. The molecule has 34 heavy (non-hydrogen) atoms. The predicted molar refractivity (Wildman–Crippen MR) is 131 cm³/mol. The minimum Gasteiger partial charge on any atom is -0.349 e. The SMILES string of the molecule is O=C(NC1CCN(C(=O)C2CCCCC2C(=O)N2CCc3ccccc32)CC1)c1ccccc1. The van der Waals surface area contributed by atoms with Crippen molar-refractivity contribution in [1.82, 2.24) is 10.2 Å². The van der Waals surface area contributed by atoms with Crippen molar-refractivity contribution in [3.63, 3.8) is 0 Å². The molecule has 0 spiro atoms. The minimum absolute atomic E-state index is 0.0609. The molecule has 2 unspecified atom stereocenters. The van der Waals surface area contributed by atoms with Gasteiger partial charge in [0, 0.05) is 42.8 Å². The number of likely N-dealkylation sites (tertiary alicyclic amines) is 1. The third-order valence-electron chi connectivity index (χ3n) is 7.73. The first kappa shape index (κ1) is 22.6. The molecule has 3 aliphatic rings. The first-order valence-corrected chi connectivity index (χ1v) is 12.7. The molecular formula is C28H33N3O3. The zero-order valence-corrected chi connectivity index (χ0v) is 19.6. The molecule has 6 heteroatoms. The molecule has 2 aromatic carbocycles. The predicted octanol–water partition coefficient (Wildman–Crippen LogP) is 3.80. The summed E-state index contributed by atoms with van der Waals surface area (Å²) in [5.41, 5.74) is 2.89. The highest BCUT2D eigenvalue weighted by Gasteiger charge is 2.41. The summed E-state index contributed by atoms with van der Waals surface area (Å²) in [6, 6.07) is 17.4. The van der Waals surface area contributed by atoms with Crippen LogP contribution in [0.4, 0.5) is 5.69 Å². The lowest BCUT2D eigenvalue weighted by atomic mass is 9.77. The summed E-state index contributed by atoms with van der Waals surface area (Å²) in [5.74, 6) is -0.284. The molecule has 2 atom stereocenters. The third kappa shape index (κ3) is 4.59. The van der Waals surface area contributed by atoms with Crippen molar-refractivity contribution in [3.8, 4) is 0 Å². The van der Waals surface area contributed by atoms with E-state index in [4.69, 9.17) is 0 Å². The summed E-state index contributed by atoms with van der Waals surface area (Å²) in [6.45, 7) is 1.97. The van der Waals surface area contributed by atoms with E-state index in [1.807, 2.05) is 58.3 Å². The number of nitrogens with one attached hydrogen (secondary N) is 1. The Hall–Kier alpha value is -3.15. The van der Waals surface area contributed by atoms with Gasteiger partial charge in [0.15, 0.2) is 0 Å². The number of nitrogens with zero attached hydrogens (tertiary/aromatic N) is 2. The minimum atomic E-state index is -0.233. The number of fused-ring (bicyclic) bond motifs is 1. The Morgan fingerprint density at radius 1 is 0.735 bits per heavy atom.